The lowest BCUT2D eigenvalue weighted by molar-refractivity contribution is -0.160. The standard InChI is InChI=1S/C15H20O4/c1-4-13(14(16)18-3)15(9-19-10-15)11-6-5-7-12(8-11)17-2/h5-8,13H,4,9-10H2,1-3H3. The summed E-state index contributed by atoms with van der Waals surface area (Å²) in [5.41, 5.74) is 0.798. The second kappa shape index (κ2) is 5.61. The van der Waals surface area contributed by atoms with Gasteiger partial charge in [0.25, 0.3) is 0 Å². The first-order valence-electron chi connectivity index (χ1n) is 6.48. The number of ether oxygens (including phenoxy) is 3. The topological polar surface area (TPSA) is 44.8 Å². The van der Waals surface area contributed by atoms with E-state index in [-0.39, 0.29) is 17.3 Å². The van der Waals surface area contributed by atoms with Gasteiger partial charge >= 0.3 is 5.97 Å². The normalized spacial score (nSPS) is 18.3. The summed E-state index contributed by atoms with van der Waals surface area (Å²) in [7, 11) is 3.07. The summed E-state index contributed by atoms with van der Waals surface area (Å²) in [6, 6.07) is 7.85. The molecule has 4 heteroatoms. The van der Waals surface area contributed by atoms with E-state index in [1.165, 1.54) is 7.11 Å². The van der Waals surface area contributed by atoms with Crippen LogP contribution in [0, 0.1) is 5.92 Å². The van der Waals surface area contributed by atoms with Crippen molar-refractivity contribution in [3.8, 4) is 5.75 Å². The highest BCUT2D eigenvalue weighted by atomic mass is 16.5. The van der Waals surface area contributed by atoms with Crippen molar-refractivity contribution in [3.63, 3.8) is 0 Å². The largest absolute Gasteiger partial charge is 0.497 e. The summed E-state index contributed by atoms with van der Waals surface area (Å²) in [5, 5.41) is 0. The number of esters is 1. The first-order chi connectivity index (χ1) is 9.17. The van der Waals surface area contributed by atoms with E-state index >= 15 is 0 Å². The highest BCUT2D eigenvalue weighted by molar-refractivity contribution is 5.75. The number of methoxy groups -OCH3 is 2. The summed E-state index contributed by atoms with van der Waals surface area (Å²) in [4.78, 5) is 12.0. The molecule has 0 spiro atoms. The van der Waals surface area contributed by atoms with Crippen LogP contribution in [0.15, 0.2) is 24.3 Å². The second-order valence-corrected chi connectivity index (χ2v) is 4.86. The highest BCUT2D eigenvalue weighted by Gasteiger charge is 2.50. The lowest BCUT2D eigenvalue weighted by Gasteiger charge is -2.46. The van der Waals surface area contributed by atoms with Gasteiger partial charge in [-0.15, -0.1) is 0 Å². The summed E-state index contributed by atoms with van der Waals surface area (Å²) >= 11 is 0. The van der Waals surface area contributed by atoms with Gasteiger partial charge in [0.15, 0.2) is 0 Å². The molecule has 1 fully saturated rings. The average Bonchev–Trinajstić information content (AvgIpc) is 2.41. The Balaban J connectivity index is 2.38. The molecule has 1 aromatic carbocycles. The van der Waals surface area contributed by atoms with Gasteiger partial charge in [-0.25, -0.2) is 0 Å². The summed E-state index contributed by atoms with van der Waals surface area (Å²) < 4.78 is 15.6. The van der Waals surface area contributed by atoms with Gasteiger partial charge in [0.1, 0.15) is 5.75 Å². The van der Waals surface area contributed by atoms with Crippen LogP contribution in [0.25, 0.3) is 0 Å². The van der Waals surface area contributed by atoms with Crippen LogP contribution >= 0.6 is 0 Å². The third-order valence-corrected chi connectivity index (χ3v) is 3.92. The van der Waals surface area contributed by atoms with Crippen molar-refractivity contribution >= 4 is 5.97 Å². The molecule has 0 saturated carbocycles. The van der Waals surface area contributed by atoms with E-state index in [0.717, 1.165) is 17.7 Å². The molecule has 4 nitrogen and oxygen atoms in total. The van der Waals surface area contributed by atoms with Gasteiger partial charge < -0.3 is 14.2 Å². The van der Waals surface area contributed by atoms with Crippen LogP contribution in [-0.2, 0) is 19.7 Å². The molecule has 0 amide bonds. The Labute approximate surface area is 113 Å². The first kappa shape index (κ1) is 13.9. The van der Waals surface area contributed by atoms with Gasteiger partial charge in [-0.05, 0) is 24.1 Å². The maximum atomic E-state index is 12.0. The maximum Gasteiger partial charge on any atom is 0.309 e. The first-order valence-corrected chi connectivity index (χ1v) is 6.48. The van der Waals surface area contributed by atoms with Gasteiger partial charge in [0.2, 0.25) is 0 Å². The Bertz CT molecular complexity index is 451. The average molecular weight is 264 g/mol. The quantitative estimate of drug-likeness (QED) is 0.764. The van der Waals surface area contributed by atoms with Crippen molar-refractivity contribution in [2.75, 3.05) is 27.4 Å². The molecule has 1 aliphatic rings. The van der Waals surface area contributed by atoms with Gasteiger partial charge in [-0.1, -0.05) is 19.1 Å². The summed E-state index contributed by atoms with van der Waals surface area (Å²) in [6.07, 6.45) is 0.729. The Morgan fingerprint density at radius 2 is 2.16 bits per heavy atom. The van der Waals surface area contributed by atoms with Crippen LogP contribution in [0.5, 0.6) is 5.75 Å². The number of rotatable bonds is 5. The Hall–Kier alpha value is -1.55. The fourth-order valence-corrected chi connectivity index (χ4v) is 2.75. The van der Waals surface area contributed by atoms with Crippen LogP contribution in [0.1, 0.15) is 18.9 Å². The van der Waals surface area contributed by atoms with Gasteiger partial charge in [0, 0.05) is 0 Å². The molecule has 1 saturated heterocycles. The van der Waals surface area contributed by atoms with Gasteiger partial charge in [-0.3, -0.25) is 4.79 Å². The molecule has 19 heavy (non-hydrogen) atoms. The molecular formula is C15H20O4. The van der Waals surface area contributed by atoms with Crippen molar-refractivity contribution in [1.82, 2.24) is 0 Å². The molecule has 1 unspecified atom stereocenters. The van der Waals surface area contributed by atoms with Gasteiger partial charge in [-0.2, -0.15) is 0 Å². The Morgan fingerprint density at radius 1 is 1.42 bits per heavy atom. The van der Waals surface area contributed by atoms with Gasteiger partial charge in [0.05, 0.1) is 38.8 Å². The predicted octanol–water partition coefficient (Wildman–Crippen LogP) is 2.16. The molecule has 0 bridgehead atoms. The molecule has 0 radical (unpaired) electrons. The van der Waals surface area contributed by atoms with E-state index < -0.39 is 0 Å². The predicted molar refractivity (Wildman–Crippen MR) is 71.3 cm³/mol. The molecule has 0 aliphatic carbocycles. The third-order valence-electron chi connectivity index (χ3n) is 3.92. The lowest BCUT2D eigenvalue weighted by Crippen LogP contribution is -2.54. The fourth-order valence-electron chi connectivity index (χ4n) is 2.75. The zero-order valence-electron chi connectivity index (χ0n) is 11.6. The van der Waals surface area contributed by atoms with Crippen LogP contribution in [0.3, 0.4) is 0 Å². The number of carbonyl (C=O) groups excluding carboxylic acids is 1. The minimum absolute atomic E-state index is 0.173. The SMILES string of the molecule is CCC(C(=O)OC)C1(c2cccc(OC)c2)COC1. The molecule has 104 valence electrons. The van der Waals surface area contributed by atoms with E-state index in [4.69, 9.17) is 14.2 Å². The molecule has 1 heterocycles. The van der Waals surface area contributed by atoms with E-state index in [2.05, 4.69) is 0 Å². The van der Waals surface area contributed by atoms with Crippen molar-refractivity contribution in [3.05, 3.63) is 29.8 Å². The van der Waals surface area contributed by atoms with Crippen LogP contribution in [0.4, 0.5) is 0 Å². The molecular weight excluding hydrogens is 244 g/mol. The fraction of sp³-hybridized carbons (Fsp3) is 0.533. The second-order valence-electron chi connectivity index (χ2n) is 4.86. The summed E-state index contributed by atoms with van der Waals surface area (Å²) in [6.45, 7) is 3.10. The maximum absolute atomic E-state index is 12.0. The zero-order chi connectivity index (χ0) is 13.9. The Morgan fingerprint density at radius 3 is 2.63 bits per heavy atom. The van der Waals surface area contributed by atoms with Crippen LogP contribution < -0.4 is 4.74 Å². The van der Waals surface area contributed by atoms with Crippen molar-refractivity contribution in [1.29, 1.82) is 0 Å². The molecule has 0 N–H and O–H groups in total. The van der Waals surface area contributed by atoms with Crippen molar-refractivity contribution in [2.45, 2.75) is 18.8 Å². The van der Waals surface area contributed by atoms with Crippen LogP contribution in [-0.4, -0.2) is 33.4 Å². The zero-order valence-corrected chi connectivity index (χ0v) is 11.6. The molecule has 1 aromatic rings. The molecule has 0 aromatic heterocycles. The molecule has 1 aliphatic heterocycles. The molecule has 1 atom stereocenters. The van der Waals surface area contributed by atoms with Crippen LogP contribution in [0.2, 0.25) is 0 Å². The number of hydrogen-bond acceptors (Lipinski definition) is 4. The van der Waals surface area contributed by atoms with E-state index in [9.17, 15) is 4.79 Å². The number of hydrogen-bond donors (Lipinski definition) is 0. The van der Waals surface area contributed by atoms with Crippen molar-refractivity contribution < 1.29 is 19.0 Å². The minimum atomic E-state index is -0.281. The molecule has 2 rings (SSSR count). The lowest BCUT2D eigenvalue weighted by atomic mass is 9.67. The Kier molecular flexibility index (Phi) is 4.10. The van der Waals surface area contributed by atoms with E-state index in [1.54, 1.807) is 7.11 Å². The van der Waals surface area contributed by atoms with Crippen molar-refractivity contribution in [2.24, 2.45) is 5.92 Å². The number of benzene rings is 1. The number of carbonyl (C=O) groups is 1. The highest BCUT2D eigenvalue weighted by Crippen LogP contribution is 2.42. The third kappa shape index (κ3) is 2.32. The monoisotopic (exact) mass is 264 g/mol. The minimum Gasteiger partial charge on any atom is -0.497 e. The van der Waals surface area contributed by atoms with E-state index in [0.29, 0.717) is 13.2 Å². The van der Waals surface area contributed by atoms with E-state index in [1.807, 2.05) is 31.2 Å². The summed E-state index contributed by atoms with van der Waals surface area (Å²) in [5.74, 6) is 0.440. The smallest absolute Gasteiger partial charge is 0.309 e.